The molecule has 0 saturated carbocycles. The number of ether oxygens (including phenoxy) is 2. The molecule has 1 atom stereocenters. The molecule has 0 amide bonds. The van der Waals surface area contributed by atoms with E-state index >= 15 is 0 Å². The van der Waals surface area contributed by atoms with Crippen LogP contribution in [0, 0.1) is 18.7 Å². The van der Waals surface area contributed by atoms with Crippen molar-refractivity contribution in [3.63, 3.8) is 0 Å². The number of aryl methyl sites for hydroxylation is 1. The van der Waals surface area contributed by atoms with E-state index in [1.165, 1.54) is 0 Å². The minimum atomic E-state index is -0.468. The Morgan fingerprint density at radius 2 is 2.12 bits per heavy atom. The average Bonchev–Trinajstić information content (AvgIpc) is 2.53. The van der Waals surface area contributed by atoms with Crippen LogP contribution in [0.15, 0.2) is 24.4 Å². The molecule has 2 heterocycles. The van der Waals surface area contributed by atoms with Gasteiger partial charge in [0.15, 0.2) is 11.5 Å². The largest absolute Gasteiger partial charge is 0.489 e. The molecule has 1 aromatic heterocycles. The molecule has 4 nitrogen and oxygen atoms in total. The minimum Gasteiger partial charge on any atom is -0.489 e. The Labute approximate surface area is 141 Å². The quantitative estimate of drug-likeness (QED) is 0.905. The highest BCUT2D eigenvalue weighted by molar-refractivity contribution is 5.76. The molecule has 24 heavy (non-hydrogen) atoms. The molecule has 0 fully saturated rings. The number of nitrogens with zero attached hydrogens (tertiary/aromatic N) is 1. The fourth-order valence-corrected chi connectivity index (χ4v) is 2.98. The molecule has 0 radical (unpaired) electrons. The van der Waals surface area contributed by atoms with Gasteiger partial charge < -0.3 is 15.2 Å². The summed E-state index contributed by atoms with van der Waals surface area (Å²) in [5.41, 5.74) is 9.55. The third kappa shape index (κ3) is 3.36. The van der Waals surface area contributed by atoms with Gasteiger partial charge >= 0.3 is 0 Å². The van der Waals surface area contributed by atoms with E-state index in [2.05, 4.69) is 18.8 Å². The Hall–Kier alpha value is -2.14. The third-order valence-electron chi connectivity index (χ3n) is 4.07. The summed E-state index contributed by atoms with van der Waals surface area (Å²) in [5.74, 6) is 0.434. The predicted molar refractivity (Wildman–Crippen MR) is 91.6 cm³/mol. The molecule has 128 valence electrons. The lowest BCUT2D eigenvalue weighted by molar-refractivity contribution is 0.246. The van der Waals surface area contributed by atoms with Gasteiger partial charge in [0.1, 0.15) is 13.2 Å². The molecule has 0 bridgehead atoms. The van der Waals surface area contributed by atoms with E-state index in [4.69, 9.17) is 15.2 Å². The molecule has 0 aliphatic carbocycles. The fraction of sp³-hybridized carbons (Fsp3) is 0.421. The second-order valence-corrected chi connectivity index (χ2v) is 6.73. The number of nitrogens with two attached hydrogens (primary N) is 1. The predicted octanol–water partition coefficient (Wildman–Crippen LogP) is 3.84. The van der Waals surface area contributed by atoms with Crippen LogP contribution in [0.25, 0.3) is 11.1 Å². The molecule has 0 saturated heterocycles. The number of rotatable bonds is 5. The molecule has 0 spiro atoms. The zero-order chi connectivity index (χ0) is 17.3. The highest BCUT2D eigenvalue weighted by Gasteiger charge is 2.24. The Morgan fingerprint density at radius 1 is 1.33 bits per heavy atom. The molecular weight excluding hydrogens is 307 g/mol. The maximum Gasteiger partial charge on any atom is 0.207 e. The zero-order valence-corrected chi connectivity index (χ0v) is 14.3. The monoisotopic (exact) mass is 330 g/mol. The Morgan fingerprint density at radius 3 is 2.88 bits per heavy atom. The van der Waals surface area contributed by atoms with Crippen molar-refractivity contribution in [2.75, 3.05) is 6.61 Å². The van der Waals surface area contributed by atoms with Crippen LogP contribution in [0.3, 0.4) is 0 Å². The molecule has 2 aromatic rings. The summed E-state index contributed by atoms with van der Waals surface area (Å²) in [6, 6.07) is 5.31. The maximum atomic E-state index is 14.8. The molecule has 3 rings (SSSR count). The van der Waals surface area contributed by atoms with Crippen LogP contribution in [0.2, 0.25) is 0 Å². The summed E-state index contributed by atoms with van der Waals surface area (Å²) < 4.78 is 25.9. The van der Waals surface area contributed by atoms with Crippen molar-refractivity contribution >= 4 is 0 Å². The highest BCUT2D eigenvalue weighted by atomic mass is 19.1. The van der Waals surface area contributed by atoms with Crippen LogP contribution in [-0.4, -0.2) is 17.6 Å². The van der Waals surface area contributed by atoms with Crippen molar-refractivity contribution in [2.45, 2.75) is 39.8 Å². The number of aromatic nitrogens is 1. The topological polar surface area (TPSA) is 57.4 Å². The highest BCUT2D eigenvalue weighted by Crippen LogP contribution is 2.42. The third-order valence-corrected chi connectivity index (χ3v) is 4.07. The first-order valence-electron chi connectivity index (χ1n) is 8.25. The van der Waals surface area contributed by atoms with Gasteiger partial charge in [0, 0.05) is 29.1 Å². The summed E-state index contributed by atoms with van der Waals surface area (Å²) in [6.07, 6.45) is 2.61. The Balaban J connectivity index is 1.84. The first-order valence-corrected chi connectivity index (χ1v) is 8.25. The second kappa shape index (κ2) is 6.77. The number of fused-ring (bicyclic) bond motifs is 3. The lowest BCUT2D eigenvalue weighted by atomic mass is 9.97. The summed E-state index contributed by atoms with van der Waals surface area (Å²) in [5, 5.41) is 0. The van der Waals surface area contributed by atoms with Gasteiger partial charge in [0.2, 0.25) is 5.82 Å². The fourth-order valence-electron chi connectivity index (χ4n) is 2.98. The van der Waals surface area contributed by atoms with Crippen molar-refractivity contribution < 1.29 is 13.9 Å². The van der Waals surface area contributed by atoms with E-state index in [1.54, 1.807) is 12.3 Å². The van der Waals surface area contributed by atoms with E-state index in [0.717, 1.165) is 28.8 Å². The van der Waals surface area contributed by atoms with E-state index in [9.17, 15) is 4.39 Å². The van der Waals surface area contributed by atoms with Crippen molar-refractivity contribution in [1.82, 2.24) is 4.98 Å². The normalized spacial score (nSPS) is 13.9. The summed E-state index contributed by atoms with van der Waals surface area (Å²) in [7, 11) is 0. The average molecular weight is 330 g/mol. The van der Waals surface area contributed by atoms with Gasteiger partial charge in [0.05, 0.1) is 0 Å². The van der Waals surface area contributed by atoms with Gasteiger partial charge in [-0.15, -0.1) is 0 Å². The minimum absolute atomic E-state index is 0.115. The van der Waals surface area contributed by atoms with Crippen molar-refractivity contribution in [1.29, 1.82) is 0 Å². The van der Waals surface area contributed by atoms with Crippen molar-refractivity contribution in [3.8, 4) is 22.6 Å². The molecule has 2 N–H and O–H groups in total. The van der Waals surface area contributed by atoms with Gasteiger partial charge in [-0.05, 0) is 43.0 Å². The van der Waals surface area contributed by atoms with Gasteiger partial charge in [-0.1, -0.05) is 13.8 Å². The Kier molecular flexibility index (Phi) is 4.71. The maximum absolute atomic E-state index is 14.8. The molecule has 0 unspecified atom stereocenters. The first-order chi connectivity index (χ1) is 11.5. The van der Waals surface area contributed by atoms with Gasteiger partial charge in [-0.2, -0.15) is 4.39 Å². The molecular formula is C19H23FN2O2. The van der Waals surface area contributed by atoms with Gasteiger partial charge in [-0.3, -0.25) is 4.98 Å². The summed E-state index contributed by atoms with van der Waals surface area (Å²) in [6.45, 7) is 6.71. The smallest absolute Gasteiger partial charge is 0.207 e. The summed E-state index contributed by atoms with van der Waals surface area (Å²) >= 11 is 0. The molecule has 1 aromatic carbocycles. The first kappa shape index (κ1) is 16.7. The molecule has 5 heteroatoms. The number of pyridine rings is 1. The van der Waals surface area contributed by atoms with Gasteiger partial charge in [0.25, 0.3) is 0 Å². The van der Waals surface area contributed by atoms with Crippen LogP contribution in [-0.2, 0) is 6.61 Å². The standard InChI is InChI=1S/C19H23FN2O2/c1-11(2)6-14(21)10-23-17-5-4-15-16-7-12(3)22-8-13(16)9-24-19(15)18(17)20/h4-5,7-8,11,14H,6,9-10,21H2,1-3H3/t14-/m0/s1. The van der Waals surface area contributed by atoms with Crippen LogP contribution in [0.1, 0.15) is 31.5 Å². The number of hydrogen-bond donors (Lipinski definition) is 1. The van der Waals surface area contributed by atoms with Crippen LogP contribution in [0.5, 0.6) is 11.5 Å². The number of halogens is 1. The molecule has 1 aliphatic rings. The summed E-state index contributed by atoms with van der Waals surface area (Å²) in [4.78, 5) is 4.27. The van der Waals surface area contributed by atoms with Crippen LogP contribution >= 0.6 is 0 Å². The van der Waals surface area contributed by atoms with Crippen LogP contribution < -0.4 is 15.2 Å². The number of hydrogen-bond acceptors (Lipinski definition) is 4. The lowest BCUT2D eigenvalue weighted by Gasteiger charge is -2.23. The van der Waals surface area contributed by atoms with Gasteiger partial charge in [-0.25, -0.2) is 0 Å². The Bertz CT molecular complexity index is 746. The van der Waals surface area contributed by atoms with E-state index in [1.807, 2.05) is 19.1 Å². The molecule has 1 aliphatic heterocycles. The van der Waals surface area contributed by atoms with E-state index < -0.39 is 5.82 Å². The zero-order valence-electron chi connectivity index (χ0n) is 14.3. The number of benzene rings is 1. The van der Waals surface area contributed by atoms with E-state index in [-0.39, 0.29) is 24.1 Å². The SMILES string of the molecule is Cc1cc2c(cn1)COc1c-2ccc(OC[C@@H](N)CC(C)C)c1F. The van der Waals surface area contributed by atoms with Crippen molar-refractivity contribution in [2.24, 2.45) is 11.7 Å². The van der Waals surface area contributed by atoms with Crippen LogP contribution in [0.4, 0.5) is 4.39 Å². The second-order valence-electron chi connectivity index (χ2n) is 6.73. The van der Waals surface area contributed by atoms with E-state index in [0.29, 0.717) is 12.5 Å². The lowest BCUT2D eigenvalue weighted by Crippen LogP contribution is -2.29. The van der Waals surface area contributed by atoms with Crippen molar-refractivity contribution in [3.05, 3.63) is 41.5 Å².